The Morgan fingerprint density at radius 2 is 1.56 bits per heavy atom. The second-order valence-corrected chi connectivity index (χ2v) is 7.95. The summed E-state index contributed by atoms with van der Waals surface area (Å²) < 4.78 is 27.4. The topological polar surface area (TPSA) is 75.3 Å². The molecule has 0 atom stereocenters. The molecule has 0 heterocycles. The number of hydrogen-bond acceptors (Lipinski definition) is 3. The first-order chi connectivity index (χ1) is 12.9. The summed E-state index contributed by atoms with van der Waals surface area (Å²) in [5.41, 5.74) is 2.18. The van der Waals surface area contributed by atoms with Crippen LogP contribution < -0.4 is 10.0 Å². The second kappa shape index (κ2) is 7.82. The first-order valence-corrected chi connectivity index (χ1v) is 9.97. The minimum atomic E-state index is -3.73. The molecule has 5 nitrogen and oxygen atoms in total. The van der Waals surface area contributed by atoms with E-state index >= 15 is 0 Å². The highest BCUT2D eigenvalue weighted by atomic mass is 35.5. The zero-order valence-corrected chi connectivity index (χ0v) is 16.0. The molecule has 3 aromatic rings. The lowest BCUT2D eigenvalue weighted by Gasteiger charge is -2.11. The van der Waals surface area contributed by atoms with Gasteiger partial charge >= 0.3 is 0 Å². The molecule has 3 aromatic carbocycles. The van der Waals surface area contributed by atoms with Gasteiger partial charge in [-0.05, 0) is 61.0 Å². The molecule has 0 spiro atoms. The van der Waals surface area contributed by atoms with Crippen molar-refractivity contribution in [3.05, 3.63) is 88.9 Å². The molecule has 0 aromatic heterocycles. The molecule has 3 rings (SSSR count). The summed E-state index contributed by atoms with van der Waals surface area (Å²) in [7, 11) is -3.73. The van der Waals surface area contributed by atoms with Crippen molar-refractivity contribution in [2.24, 2.45) is 0 Å². The van der Waals surface area contributed by atoms with Gasteiger partial charge in [0.2, 0.25) is 0 Å². The molecule has 27 heavy (non-hydrogen) atoms. The Balaban J connectivity index is 1.76. The molecule has 0 aliphatic carbocycles. The smallest absolute Gasteiger partial charge is 0.261 e. The summed E-state index contributed by atoms with van der Waals surface area (Å²) in [5.74, 6) is -0.347. The van der Waals surface area contributed by atoms with Gasteiger partial charge < -0.3 is 5.32 Å². The van der Waals surface area contributed by atoms with E-state index in [9.17, 15) is 13.2 Å². The number of halogens is 1. The van der Waals surface area contributed by atoms with Gasteiger partial charge in [-0.3, -0.25) is 9.52 Å². The number of nitrogens with one attached hydrogen (secondary N) is 2. The van der Waals surface area contributed by atoms with Crippen LogP contribution in [0.2, 0.25) is 5.02 Å². The number of carbonyl (C=O) groups excluding carboxylic acids is 1. The third-order valence-electron chi connectivity index (χ3n) is 3.97. The van der Waals surface area contributed by atoms with E-state index in [0.29, 0.717) is 22.0 Å². The summed E-state index contributed by atoms with van der Waals surface area (Å²) in [4.78, 5) is 12.5. The van der Waals surface area contributed by atoms with Crippen LogP contribution >= 0.6 is 11.6 Å². The van der Waals surface area contributed by atoms with Gasteiger partial charge in [0.05, 0.1) is 4.90 Å². The number of rotatable bonds is 5. The van der Waals surface area contributed by atoms with Crippen molar-refractivity contribution in [2.45, 2.75) is 11.8 Å². The van der Waals surface area contributed by atoms with Crippen molar-refractivity contribution >= 4 is 38.9 Å². The molecule has 0 bridgehead atoms. The lowest BCUT2D eigenvalue weighted by Crippen LogP contribution is -2.15. The Labute approximate surface area is 163 Å². The first-order valence-electron chi connectivity index (χ1n) is 8.11. The summed E-state index contributed by atoms with van der Waals surface area (Å²) in [6.07, 6.45) is 0. The molecule has 0 saturated heterocycles. The molecule has 0 saturated carbocycles. The number of benzene rings is 3. The Hall–Kier alpha value is -2.83. The Morgan fingerprint density at radius 3 is 2.22 bits per heavy atom. The molecule has 0 unspecified atom stereocenters. The van der Waals surface area contributed by atoms with Crippen LogP contribution in [0.1, 0.15) is 15.9 Å². The molecular formula is C20H17ClN2O3S. The van der Waals surface area contributed by atoms with Crippen LogP contribution in [-0.4, -0.2) is 14.3 Å². The highest BCUT2D eigenvalue weighted by molar-refractivity contribution is 7.92. The maximum Gasteiger partial charge on any atom is 0.261 e. The fourth-order valence-electron chi connectivity index (χ4n) is 2.44. The average molecular weight is 401 g/mol. The van der Waals surface area contributed by atoms with Gasteiger partial charge in [0.1, 0.15) is 0 Å². The number of amides is 1. The molecule has 0 aliphatic rings. The van der Waals surface area contributed by atoms with Gasteiger partial charge in [-0.25, -0.2) is 8.42 Å². The van der Waals surface area contributed by atoms with E-state index < -0.39 is 10.0 Å². The molecular weight excluding hydrogens is 384 g/mol. The van der Waals surface area contributed by atoms with Gasteiger partial charge in [-0.2, -0.15) is 0 Å². The van der Waals surface area contributed by atoms with E-state index in [1.54, 1.807) is 48.5 Å². The Kier molecular flexibility index (Phi) is 5.48. The quantitative estimate of drug-likeness (QED) is 0.651. The number of para-hydroxylation sites is 1. The zero-order valence-electron chi connectivity index (χ0n) is 14.4. The van der Waals surface area contributed by atoms with Crippen molar-refractivity contribution in [2.75, 3.05) is 10.0 Å². The molecule has 2 N–H and O–H groups in total. The Morgan fingerprint density at radius 1 is 0.889 bits per heavy atom. The lowest BCUT2D eigenvalue weighted by atomic mass is 10.1. The molecule has 138 valence electrons. The van der Waals surface area contributed by atoms with Gasteiger partial charge in [0.25, 0.3) is 15.9 Å². The second-order valence-electron chi connectivity index (χ2n) is 5.86. The van der Waals surface area contributed by atoms with Crippen LogP contribution in [-0.2, 0) is 10.0 Å². The third-order valence-corrected chi connectivity index (χ3v) is 5.78. The highest BCUT2D eigenvalue weighted by Crippen LogP contribution is 2.24. The van der Waals surface area contributed by atoms with Crippen molar-refractivity contribution in [1.82, 2.24) is 0 Å². The van der Waals surface area contributed by atoms with Crippen molar-refractivity contribution in [3.8, 4) is 0 Å². The van der Waals surface area contributed by atoms with Gasteiger partial charge in [-0.1, -0.05) is 35.9 Å². The predicted octanol–water partition coefficient (Wildman–Crippen LogP) is 4.70. The predicted molar refractivity (Wildman–Crippen MR) is 108 cm³/mol. The third kappa shape index (κ3) is 4.48. The monoisotopic (exact) mass is 400 g/mol. The molecule has 0 aliphatic heterocycles. The molecule has 0 radical (unpaired) electrons. The van der Waals surface area contributed by atoms with Crippen molar-refractivity contribution in [1.29, 1.82) is 0 Å². The van der Waals surface area contributed by atoms with Crippen LogP contribution in [0.15, 0.2) is 77.7 Å². The molecule has 7 heteroatoms. The fourth-order valence-corrected chi connectivity index (χ4v) is 3.68. The van der Waals surface area contributed by atoms with Gasteiger partial charge in [0, 0.05) is 22.0 Å². The summed E-state index contributed by atoms with van der Waals surface area (Å²) in [6, 6.07) is 19.6. The fraction of sp³-hybridized carbons (Fsp3) is 0.0500. The van der Waals surface area contributed by atoms with Crippen LogP contribution in [0.25, 0.3) is 0 Å². The maximum atomic E-state index is 12.4. The average Bonchev–Trinajstić information content (AvgIpc) is 2.66. The normalized spacial score (nSPS) is 11.0. The SMILES string of the molecule is Cc1c(Cl)cccc1NC(=O)c1ccc(S(=O)(=O)Nc2ccccc2)cc1. The maximum absolute atomic E-state index is 12.4. The number of anilines is 2. The number of sulfonamides is 1. The van der Waals surface area contributed by atoms with E-state index in [1.807, 2.05) is 6.92 Å². The van der Waals surface area contributed by atoms with Crippen LogP contribution in [0, 0.1) is 6.92 Å². The van der Waals surface area contributed by atoms with E-state index in [4.69, 9.17) is 11.6 Å². The van der Waals surface area contributed by atoms with Gasteiger partial charge in [0.15, 0.2) is 0 Å². The van der Waals surface area contributed by atoms with Crippen LogP contribution in [0.3, 0.4) is 0 Å². The number of hydrogen-bond donors (Lipinski definition) is 2. The Bertz CT molecular complexity index is 1070. The standard InChI is InChI=1S/C20H17ClN2O3S/c1-14-18(21)8-5-9-19(14)22-20(24)15-10-12-17(13-11-15)27(25,26)23-16-6-3-2-4-7-16/h2-13,23H,1H3,(H,22,24). The lowest BCUT2D eigenvalue weighted by molar-refractivity contribution is 0.102. The highest BCUT2D eigenvalue weighted by Gasteiger charge is 2.15. The molecule has 1 amide bonds. The summed E-state index contributed by atoms with van der Waals surface area (Å²) in [6.45, 7) is 1.81. The van der Waals surface area contributed by atoms with Crippen LogP contribution in [0.5, 0.6) is 0 Å². The van der Waals surface area contributed by atoms with E-state index in [0.717, 1.165) is 5.56 Å². The van der Waals surface area contributed by atoms with Crippen LogP contribution in [0.4, 0.5) is 11.4 Å². The largest absolute Gasteiger partial charge is 0.322 e. The van der Waals surface area contributed by atoms with Crippen molar-refractivity contribution in [3.63, 3.8) is 0 Å². The minimum Gasteiger partial charge on any atom is -0.322 e. The van der Waals surface area contributed by atoms with E-state index in [1.165, 1.54) is 24.3 Å². The minimum absolute atomic E-state index is 0.0711. The van der Waals surface area contributed by atoms with E-state index in [2.05, 4.69) is 10.0 Å². The van der Waals surface area contributed by atoms with Gasteiger partial charge in [-0.15, -0.1) is 0 Å². The number of carbonyl (C=O) groups is 1. The summed E-state index contributed by atoms with van der Waals surface area (Å²) in [5, 5.41) is 3.33. The van der Waals surface area contributed by atoms with Crippen molar-refractivity contribution < 1.29 is 13.2 Å². The van der Waals surface area contributed by atoms with E-state index in [-0.39, 0.29) is 10.8 Å². The first kappa shape index (κ1) is 18.9. The summed E-state index contributed by atoms with van der Waals surface area (Å²) >= 11 is 6.06. The molecule has 0 fully saturated rings. The zero-order chi connectivity index (χ0) is 19.4.